The van der Waals surface area contributed by atoms with E-state index in [1.807, 2.05) is 0 Å². The molecule has 6 heteroatoms. The average molecular weight is 340 g/mol. The highest BCUT2D eigenvalue weighted by Crippen LogP contribution is 2.48. The molecule has 0 aromatic heterocycles. The zero-order chi connectivity index (χ0) is 17.3. The Morgan fingerprint density at radius 2 is 2.00 bits per heavy atom. The number of nitrogens with one attached hydrogen (secondary N) is 1. The molecule has 132 valence electrons. The van der Waals surface area contributed by atoms with Crippen molar-refractivity contribution in [2.24, 2.45) is 17.6 Å². The maximum absolute atomic E-state index is 12.8. The van der Waals surface area contributed by atoms with Crippen molar-refractivity contribution < 1.29 is 18.0 Å². The van der Waals surface area contributed by atoms with Gasteiger partial charge >= 0.3 is 6.18 Å². The molecule has 2 aliphatic rings. The van der Waals surface area contributed by atoms with Crippen LogP contribution in [0.2, 0.25) is 0 Å². The molecular formula is C18H23F3N2O. The molecule has 2 fully saturated rings. The first-order chi connectivity index (χ1) is 11.4. The summed E-state index contributed by atoms with van der Waals surface area (Å²) in [6.07, 6.45) is 0.470. The van der Waals surface area contributed by atoms with E-state index < -0.39 is 11.7 Å². The first-order valence-corrected chi connectivity index (χ1v) is 8.57. The van der Waals surface area contributed by atoms with Crippen molar-refractivity contribution in [3.8, 4) is 0 Å². The fourth-order valence-corrected chi connectivity index (χ4v) is 3.77. The Balaban J connectivity index is 1.61. The van der Waals surface area contributed by atoms with Crippen LogP contribution in [0.5, 0.6) is 0 Å². The Hall–Kier alpha value is -1.56. The number of hydrogen-bond donors (Lipinski definition) is 2. The molecule has 0 radical (unpaired) electrons. The molecule has 3 rings (SSSR count). The number of carbonyl (C=O) groups excluding carboxylic acids is 1. The van der Waals surface area contributed by atoms with Gasteiger partial charge in [-0.15, -0.1) is 0 Å². The van der Waals surface area contributed by atoms with Gasteiger partial charge in [-0.05, 0) is 49.3 Å². The summed E-state index contributed by atoms with van der Waals surface area (Å²) in [4.78, 5) is 12.4. The van der Waals surface area contributed by atoms with Gasteiger partial charge in [-0.2, -0.15) is 13.2 Å². The lowest BCUT2D eigenvalue weighted by Crippen LogP contribution is -2.45. The number of nitrogens with two attached hydrogens (primary N) is 1. The van der Waals surface area contributed by atoms with Crippen LogP contribution in [0.15, 0.2) is 24.3 Å². The van der Waals surface area contributed by atoms with E-state index in [1.165, 1.54) is 12.1 Å². The molecule has 4 atom stereocenters. The smallest absolute Gasteiger partial charge is 0.353 e. The normalized spacial score (nSPS) is 30.0. The van der Waals surface area contributed by atoms with Crippen molar-refractivity contribution in [3.63, 3.8) is 0 Å². The third-order valence-corrected chi connectivity index (χ3v) is 5.31. The minimum absolute atomic E-state index is 0.0391. The molecule has 2 aliphatic carbocycles. The number of carbonyl (C=O) groups is 1. The number of hydrogen-bond acceptors (Lipinski definition) is 2. The van der Waals surface area contributed by atoms with Gasteiger partial charge in [0, 0.05) is 12.0 Å². The van der Waals surface area contributed by atoms with Gasteiger partial charge in [-0.25, -0.2) is 0 Å². The highest BCUT2D eigenvalue weighted by Gasteiger charge is 2.45. The summed E-state index contributed by atoms with van der Waals surface area (Å²) in [6.45, 7) is 0.562. The van der Waals surface area contributed by atoms with Crippen LogP contribution in [0.3, 0.4) is 0 Å². The molecule has 0 aliphatic heterocycles. The number of alkyl halides is 3. The third-order valence-electron chi connectivity index (χ3n) is 5.31. The zero-order valence-electron chi connectivity index (χ0n) is 13.5. The van der Waals surface area contributed by atoms with Crippen molar-refractivity contribution in [2.45, 2.75) is 50.2 Å². The van der Waals surface area contributed by atoms with Gasteiger partial charge in [-0.1, -0.05) is 31.0 Å². The molecule has 1 aromatic carbocycles. The largest absolute Gasteiger partial charge is 0.416 e. The second-order valence-electron chi connectivity index (χ2n) is 6.97. The minimum Gasteiger partial charge on any atom is -0.353 e. The standard InChI is InChI=1S/C18H23F3N2O/c19-18(20,21)13-6-3-5-11(8-13)14-9-15(14)17(24)23-16-7-2-1-4-12(16)10-22/h3,5-6,8,12,14-16H,1-2,4,7,9-10,22H2,(H,23,24). The predicted octanol–water partition coefficient (Wildman–Crippen LogP) is 3.44. The van der Waals surface area contributed by atoms with Crippen molar-refractivity contribution in [1.29, 1.82) is 0 Å². The average Bonchev–Trinajstić information content (AvgIpc) is 3.35. The molecule has 1 aromatic rings. The number of benzene rings is 1. The molecule has 3 N–H and O–H groups in total. The third kappa shape index (κ3) is 3.74. The van der Waals surface area contributed by atoms with Gasteiger partial charge in [0.25, 0.3) is 0 Å². The molecular weight excluding hydrogens is 317 g/mol. The van der Waals surface area contributed by atoms with E-state index >= 15 is 0 Å². The van der Waals surface area contributed by atoms with E-state index in [4.69, 9.17) is 5.73 Å². The first kappa shape index (κ1) is 17.3. The Labute approximate surface area is 139 Å². The molecule has 4 unspecified atom stereocenters. The quantitative estimate of drug-likeness (QED) is 0.882. The number of rotatable bonds is 4. The second kappa shape index (κ2) is 6.75. The van der Waals surface area contributed by atoms with Crippen LogP contribution in [-0.2, 0) is 11.0 Å². The molecule has 3 nitrogen and oxygen atoms in total. The molecule has 0 spiro atoms. The topological polar surface area (TPSA) is 55.1 Å². The van der Waals surface area contributed by atoms with Crippen LogP contribution in [0.25, 0.3) is 0 Å². The van der Waals surface area contributed by atoms with E-state index in [9.17, 15) is 18.0 Å². The highest BCUT2D eigenvalue weighted by atomic mass is 19.4. The van der Waals surface area contributed by atoms with Crippen LogP contribution in [0.4, 0.5) is 13.2 Å². The predicted molar refractivity (Wildman–Crippen MR) is 85.2 cm³/mol. The SMILES string of the molecule is NCC1CCCCC1NC(=O)C1CC1c1cccc(C(F)(F)F)c1. The molecule has 24 heavy (non-hydrogen) atoms. The van der Waals surface area contributed by atoms with Gasteiger partial charge < -0.3 is 11.1 Å². The van der Waals surface area contributed by atoms with Crippen molar-refractivity contribution in [2.75, 3.05) is 6.54 Å². The Morgan fingerprint density at radius 1 is 1.25 bits per heavy atom. The summed E-state index contributed by atoms with van der Waals surface area (Å²) < 4.78 is 38.4. The number of halogens is 3. The van der Waals surface area contributed by atoms with E-state index in [-0.39, 0.29) is 23.8 Å². The lowest BCUT2D eigenvalue weighted by atomic mass is 9.84. The summed E-state index contributed by atoms with van der Waals surface area (Å²) in [5, 5.41) is 3.09. The summed E-state index contributed by atoms with van der Waals surface area (Å²) >= 11 is 0. The number of amides is 1. The summed E-state index contributed by atoms with van der Waals surface area (Å²) in [5.41, 5.74) is 5.73. The van der Waals surface area contributed by atoms with Crippen LogP contribution < -0.4 is 11.1 Å². The van der Waals surface area contributed by atoms with E-state index in [0.29, 0.717) is 24.4 Å². The van der Waals surface area contributed by atoms with Crippen molar-refractivity contribution in [3.05, 3.63) is 35.4 Å². The van der Waals surface area contributed by atoms with Crippen molar-refractivity contribution >= 4 is 5.91 Å². The lowest BCUT2D eigenvalue weighted by Gasteiger charge is -2.31. The van der Waals surface area contributed by atoms with Crippen LogP contribution in [0.1, 0.15) is 49.1 Å². The second-order valence-corrected chi connectivity index (χ2v) is 6.97. The zero-order valence-corrected chi connectivity index (χ0v) is 13.5. The van der Waals surface area contributed by atoms with E-state index in [1.54, 1.807) is 6.07 Å². The van der Waals surface area contributed by atoms with Crippen LogP contribution in [-0.4, -0.2) is 18.5 Å². The fraction of sp³-hybridized carbons (Fsp3) is 0.611. The minimum atomic E-state index is -4.35. The van der Waals surface area contributed by atoms with Crippen molar-refractivity contribution in [1.82, 2.24) is 5.32 Å². The highest BCUT2D eigenvalue weighted by molar-refractivity contribution is 5.83. The van der Waals surface area contributed by atoms with E-state index in [0.717, 1.165) is 31.7 Å². The Kier molecular flexibility index (Phi) is 4.85. The maximum Gasteiger partial charge on any atom is 0.416 e. The lowest BCUT2D eigenvalue weighted by molar-refractivity contribution is -0.137. The monoisotopic (exact) mass is 340 g/mol. The molecule has 2 saturated carbocycles. The summed E-state index contributed by atoms with van der Waals surface area (Å²) in [5.74, 6) is -0.0442. The summed E-state index contributed by atoms with van der Waals surface area (Å²) in [7, 11) is 0. The molecule has 0 heterocycles. The maximum atomic E-state index is 12.8. The van der Waals surface area contributed by atoms with E-state index in [2.05, 4.69) is 5.32 Å². The summed E-state index contributed by atoms with van der Waals surface area (Å²) in [6, 6.07) is 5.43. The van der Waals surface area contributed by atoms with Gasteiger partial charge in [0.1, 0.15) is 0 Å². The van der Waals surface area contributed by atoms with Crippen LogP contribution in [0, 0.1) is 11.8 Å². The first-order valence-electron chi connectivity index (χ1n) is 8.57. The fourth-order valence-electron chi connectivity index (χ4n) is 3.77. The van der Waals surface area contributed by atoms with Gasteiger partial charge in [0.05, 0.1) is 5.56 Å². The molecule has 0 bridgehead atoms. The van der Waals surface area contributed by atoms with Gasteiger partial charge in [0.15, 0.2) is 0 Å². The van der Waals surface area contributed by atoms with Gasteiger partial charge in [0.2, 0.25) is 5.91 Å². The Bertz CT molecular complexity index is 602. The molecule has 0 saturated heterocycles. The molecule has 1 amide bonds. The van der Waals surface area contributed by atoms with Crippen LogP contribution >= 0.6 is 0 Å². The Morgan fingerprint density at radius 3 is 2.71 bits per heavy atom. The van der Waals surface area contributed by atoms with Gasteiger partial charge in [-0.3, -0.25) is 4.79 Å².